The Morgan fingerprint density at radius 3 is 2.78 bits per heavy atom. The van der Waals surface area contributed by atoms with Gasteiger partial charge >= 0.3 is 6.03 Å². The maximum absolute atomic E-state index is 12.2. The molecule has 2 amide bonds. The number of hydrogen-bond donors (Lipinski definition) is 2. The van der Waals surface area contributed by atoms with Crippen molar-refractivity contribution in [3.05, 3.63) is 34.3 Å². The molecule has 1 aromatic rings. The van der Waals surface area contributed by atoms with Crippen LogP contribution >= 0.6 is 11.6 Å². The molecule has 1 saturated heterocycles. The Hall–Kier alpha value is -1.26. The van der Waals surface area contributed by atoms with Crippen molar-refractivity contribution in [2.75, 3.05) is 6.54 Å². The Morgan fingerprint density at radius 1 is 1.30 bits per heavy atom. The van der Waals surface area contributed by atoms with Gasteiger partial charge in [0, 0.05) is 11.6 Å². The standard InChI is InChI=1S/C18H25ClN2O2/c1-11-8-13(9-12(2)23-11)10-20-18(22)21-17-7-6-14-15(17)4-3-5-16(14)19/h3-5,11-13,17H,6-10H2,1-2H3,(H2,20,21,22). The number of nitrogens with one attached hydrogen (secondary N) is 2. The zero-order valence-electron chi connectivity index (χ0n) is 13.8. The van der Waals surface area contributed by atoms with Gasteiger partial charge in [-0.15, -0.1) is 0 Å². The second kappa shape index (κ2) is 7.10. The predicted molar refractivity (Wildman–Crippen MR) is 91.8 cm³/mol. The Morgan fingerprint density at radius 2 is 2.04 bits per heavy atom. The summed E-state index contributed by atoms with van der Waals surface area (Å²) >= 11 is 6.22. The van der Waals surface area contributed by atoms with Crippen LogP contribution in [0.5, 0.6) is 0 Å². The third-order valence-electron chi connectivity index (χ3n) is 4.87. The highest BCUT2D eigenvalue weighted by Gasteiger charge is 2.27. The lowest BCUT2D eigenvalue weighted by Crippen LogP contribution is -2.42. The maximum atomic E-state index is 12.2. The fourth-order valence-electron chi connectivity index (χ4n) is 3.92. The fraction of sp³-hybridized carbons (Fsp3) is 0.611. The highest BCUT2D eigenvalue weighted by molar-refractivity contribution is 6.31. The zero-order valence-corrected chi connectivity index (χ0v) is 14.5. The van der Waals surface area contributed by atoms with E-state index in [-0.39, 0.29) is 24.3 Å². The molecule has 0 bridgehead atoms. The first-order valence-corrected chi connectivity index (χ1v) is 8.88. The Bertz CT molecular complexity index is 568. The van der Waals surface area contributed by atoms with Gasteiger partial charge < -0.3 is 15.4 Å². The predicted octanol–water partition coefficient (Wildman–Crippen LogP) is 3.83. The number of fused-ring (bicyclic) bond motifs is 1. The third kappa shape index (κ3) is 3.99. The minimum atomic E-state index is -0.0883. The van der Waals surface area contributed by atoms with Crippen LogP contribution in [0.4, 0.5) is 4.79 Å². The van der Waals surface area contributed by atoms with Crippen LogP contribution in [0.2, 0.25) is 5.02 Å². The minimum Gasteiger partial charge on any atom is -0.376 e. The van der Waals surface area contributed by atoms with E-state index < -0.39 is 0 Å². The summed E-state index contributed by atoms with van der Waals surface area (Å²) in [5.74, 6) is 0.491. The van der Waals surface area contributed by atoms with Gasteiger partial charge in [0.05, 0.1) is 18.2 Å². The molecule has 2 aliphatic rings. The summed E-state index contributed by atoms with van der Waals surface area (Å²) in [4.78, 5) is 12.2. The van der Waals surface area contributed by atoms with Crippen molar-refractivity contribution in [2.45, 2.75) is 57.8 Å². The molecule has 23 heavy (non-hydrogen) atoms. The summed E-state index contributed by atoms with van der Waals surface area (Å²) in [6.45, 7) is 4.91. The van der Waals surface area contributed by atoms with Gasteiger partial charge in [0.1, 0.15) is 0 Å². The molecule has 3 rings (SSSR count). The van der Waals surface area contributed by atoms with Crippen molar-refractivity contribution in [3.63, 3.8) is 0 Å². The van der Waals surface area contributed by atoms with Crippen molar-refractivity contribution < 1.29 is 9.53 Å². The smallest absolute Gasteiger partial charge is 0.315 e. The van der Waals surface area contributed by atoms with Crippen LogP contribution in [0.15, 0.2) is 18.2 Å². The number of carbonyl (C=O) groups excluding carboxylic acids is 1. The van der Waals surface area contributed by atoms with Crippen molar-refractivity contribution >= 4 is 17.6 Å². The highest BCUT2D eigenvalue weighted by Crippen LogP contribution is 2.35. The number of carbonyl (C=O) groups is 1. The van der Waals surface area contributed by atoms with Crippen LogP contribution < -0.4 is 10.6 Å². The number of benzene rings is 1. The van der Waals surface area contributed by atoms with Gasteiger partial charge in [0.25, 0.3) is 0 Å². The summed E-state index contributed by atoms with van der Waals surface area (Å²) in [6, 6.07) is 5.90. The Kier molecular flexibility index (Phi) is 5.12. The van der Waals surface area contributed by atoms with Crippen molar-refractivity contribution in [1.82, 2.24) is 10.6 Å². The molecule has 0 radical (unpaired) electrons. The quantitative estimate of drug-likeness (QED) is 0.881. The minimum absolute atomic E-state index is 0.0660. The van der Waals surface area contributed by atoms with E-state index in [2.05, 4.69) is 30.5 Å². The number of rotatable bonds is 3. The molecule has 3 atom stereocenters. The zero-order chi connectivity index (χ0) is 16.4. The molecule has 0 spiro atoms. The van der Waals surface area contributed by atoms with E-state index in [1.54, 1.807) is 0 Å². The van der Waals surface area contributed by atoms with Crippen LogP contribution in [-0.4, -0.2) is 24.8 Å². The fourth-order valence-corrected chi connectivity index (χ4v) is 4.19. The van der Waals surface area contributed by atoms with Gasteiger partial charge in [-0.1, -0.05) is 23.7 Å². The van der Waals surface area contributed by atoms with Gasteiger partial charge in [0.15, 0.2) is 0 Å². The second-order valence-electron chi connectivity index (χ2n) is 6.85. The number of amides is 2. The van der Waals surface area contributed by atoms with Crippen LogP contribution in [0.25, 0.3) is 0 Å². The largest absolute Gasteiger partial charge is 0.376 e. The molecule has 0 saturated carbocycles. The lowest BCUT2D eigenvalue weighted by molar-refractivity contribution is -0.0511. The molecular formula is C18H25ClN2O2. The molecular weight excluding hydrogens is 312 g/mol. The number of urea groups is 1. The molecule has 1 fully saturated rings. The number of halogens is 1. The van der Waals surface area contributed by atoms with E-state index in [0.29, 0.717) is 12.5 Å². The average Bonchev–Trinajstić information content (AvgIpc) is 2.89. The van der Waals surface area contributed by atoms with E-state index in [4.69, 9.17) is 16.3 Å². The SMILES string of the molecule is CC1CC(CNC(=O)NC2CCc3c(Cl)cccc32)CC(C)O1. The number of hydrogen-bond acceptors (Lipinski definition) is 2. The van der Waals surface area contributed by atoms with Crippen LogP contribution in [0.1, 0.15) is 50.3 Å². The first-order chi connectivity index (χ1) is 11.0. The van der Waals surface area contributed by atoms with E-state index in [9.17, 15) is 4.79 Å². The lowest BCUT2D eigenvalue weighted by Gasteiger charge is -2.32. The molecule has 1 heterocycles. The van der Waals surface area contributed by atoms with Gasteiger partial charge in [-0.3, -0.25) is 0 Å². The average molecular weight is 337 g/mol. The van der Waals surface area contributed by atoms with Crippen molar-refractivity contribution in [2.24, 2.45) is 5.92 Å². The Labute approximate surface area is 142 Å². The monoisotopic (exact) mass is 336 g/mol. The van der Waals surface area contributed by atoms with Crippen molar-refractivity contribution in [1.29, 1.82) is 0 Å². The van der Waals surface area contributed by atoms with Crippen LogP contribution in [0, 0.1) is 5.92 Å². The molecule has 5 heteroatoms. The first kappa shape index (κ1) is 16.6. The summed E-state index contributed by atoms with van der Waals surface area (Å²) in [6.07, 6.45) is 4.40. The molecule has 1 aliphatic heterocycles. The van der Waals surface area contributed by atoms with Gasteiger partial charge in [-0.2, -0.15) is 0 Å². The van der Waals surface area contributed by atoms with E-state index >= 15 is 0 Å². The molecule has 3 unspecified atom stereocenters. The van der Waals surface area contributed by atoms with Gasteiger partial charge in [-0.25, -0.2) is 4.79 Å². The van der Waals surface area contributed by atoms with E-state index in [1.807, 2.05) is 12.1 Å². The van der Waals surface area contributed by atoms with Crippen LogP contribution in [-0.2, 0) is 11.2 Å². The Balaban J connectivity index is 1.50. The normalized spacial score (nSPS) is 29.9. The van der Waals surface area contributed by atoms with Gasteiger partial charge in [0.2, 0.25) is 0 Å². The first-order valence-electron chi connectivity index (χ1n) is 8.50. The maximum Gasteiger partial charge on any atom is 0.315 e. The van der Waals surface area contributed by atoms with Gasteiger partial charge in [-0.05, 0) is 62.6 Å². The molecule has 2 N–H and O–H groups in total. The molecule has 4 nitrogen and oxygen atoms in total. The second-order valence-corrected chi connectivity index (χ2v) is 7.26. The molecule has 126 valence electrons. The number of ether oxygens (including phenoxy) is 1. The highest BCUT2D eigenvalue weighted by atomic mass is 35.5. The molecule has 1 aromatic carbocycles. The van der Waals surface area contributed by atoms with E-state index in [0.717, 1.165) is 36.3 Å². The van der Waals surface area contributed by atoms with Crippen molar-refractivity contribution in [3.8, 4) is 0 Å². The molecule has 0 aromatic heterocycles. The molecule has 1 aliphatic carbocycles. The summed E-state index contributed by atoms with van der Waals surface area (Å²) in [5, 5.41) is 6.91. The summed E-state index contributed by atoms with van der Waals surface area (Å²) in [7, 11) is 0. The van der Waals surface area contributed by atoms with Crippen LogP contribution in [0.3, 0.4) is 0 Å². The lowest BCUT2D eigenvalue weighted by atomic mass is 9.92. The topological polar surface area (TPSA) is 50.4 Å². The van der Waals surface area contributed by atoms with E-state index in [1.165, 1.54) is 5.56 Å². The summed E-state index contributed by atoms with van der Waals surface area (Å²) < 4.78 is 5.74. The third-order valence-corrected chi connectivity index (χ3v) is 5.22. The summed E-state index contributed by atoms with van der Waals surface area (Å²) in [5.41, 5.74) is 2.33.